The minimum Gasteiger partial charge on any atom is -0.324 e. The van der Waals surface area contributed by atoms with E-state index in [0.717, 1.165) is 24.1 Å². The predicted octanol–water partition coefficient (Wildman–Crippen LogP) is 3.02. The average molecular weight is 374 g/mol. The Morgan fingerprint density at radius 1 is 1.21 bits per heavy atom. The molecular formula is C21H20N5O2. The highest BCUT2D eigenvalue weighted by molar-refractivity contribution is 6.01. The maximum absolute atomic E-state index is 12.7. The van der Waals surface area contributed by atoms with E-state index in [1.807, 2.05) is 31.2 Å². The van der Waals surface area contributed by atoms with E-state index in [0.29, 0.717) is 31.2 Å². The van der Waals surface area contributed by atoms with Crippen molar-refractivity contribution in [3.63, 3.8) is 0 Å². The molecule has 28 heavy (non-hydrogen) atoms. The van der Waals surface area contributed by atoms with Crippen molar-refractivity contribution < 1.29 is 9.59 Å². The number of nitriles is 1. The highest BCUT2D eigenvalue weighted by Gasteiger charge is 2.47. The van der Waals surface area contributed by atoms with E-state index >= 15 is 0 Å². The quantitative estimate of drug-likeness (QED) is 0.834. The molecule has 1 aliphatic heterocycles. The van der Waals surface area contributed by atoms with E-state index < -0.39 is 10.8 Å². The molecule has 0 spiro atoms. The highest BCUT2D eigenvalue weighted by Crippen LogP contribution is 2.46. The van der Waals surface area contributed by atoms with Crippen molar-refractivity contribution in [2.45, 2.75) is 38.0 Å². The minimum absolute atomic E-state index is 0.202. The smallest absolute Gasteiger partial charge is 0.248 e. The third kappa shape index (κ3) is 2.91. The molecule has 1 aliphatic carbocycles. The molecule has 1 amide bonds. The Balaban J connectivity index is 1.51. The van der Waals surface area contributed by atoms with Gasteiger partial charge in [-0.25, -0.2) is 4.98 Å². The number of nitrogens with one attached hydrogen (secondary N) is 1. The van der Waals surface area contributed by atoms with Crippen LogP contribution in [0.25, 0.3) is 0 Å². The molecule has 2 heterocycles. The van der Waals surface area contributed by atoms with Crippen LogP contribution in [0, 0.1) is 16.7 Å². The van der Waals surface area contributed by atoms with Crippen LogP contribution in [0.15, 0.2) is 36.5 Å². The molecule has 1 aromatic carbocycles. The lowest BCUT2D eigenvalue weighted by atomic mass is 9.85. The third-order valence-corrected chi connectivity index (χ3v) is 5.79. The van der Waals surface area contributed by atoms with Crippen LogP contribution >= 0.6 is 0 Å². The van der Waals surface area contributed by atoms with Gasteiger partial charge in [-0.1, -0.05) is 19.1 Å². The maximum Gasteiger partial charge on any atom is 0.248 e. The Morgan fingerprint density at radius 3 is 2.54 bits per heavy atom. The molecule has 1 N–H and O–H groups in total. The summed E-state index contributed by atoms with van der Waals surface area (Å²) in [4.78, 5) is 34.1. The van der Waals surface area contributed by atoms with Gasteiger partial charge in [0.15, 0.2) is 0 Å². The van der Waals surface area contributed by atoms with Crippen molar-refractivity contribution in [2.75, 3.05) is 16.8 Å². The SMILES string of the molecule is CC[C@]1(C#N)CCN(c2ccnc(Nc3ccc(C4([C]=O)CC4)cc3)n2)C1=O. The minimum atomic E-state index is -0.956. The molecule has 1 saturated heterocycles. The summed E-state index contributed by atoms with van der Waals surface area (Å²) in [7, 11) is 0. The van der Waals surface area contributed by atoms with Gasteiger partial charge >= 0.3 is 0 Å². The van der Waals surface area contributed by atoms with Gasteiger partial charge in [-0.3, -0.25) is 14.5 Å². The number of hydrogen-bond donors (Lipinski definition) is 1. The predicted molar refractivity (Wildman–Crippen MR) is 104 cm³/mol. The normalized spacial score (nSPS) is 22.6. The molecule has 4 rings (SSSR count). The summed E-state index contributed by atoms with van der Waals surface area (Å²) < 4.78 is 0. The molecule has 2 fully saturated rings. The molecule has 2 aliphatic rings. The first kappa shape index (κ1) is 18.1. The molecule has 0 unspecified atom stereocenters. The van der Waals surface area contributed by atoms with Crippen LogP contribution in [0.5, 0.6) is 0 Å². The number of aromatic nitrogens is 2. The number of benzene rings is 1. The molecular weight excluding hydrogens is 354 g/mol. The summed E-state index contributed by atoms with van der Waals surface area (Å²) in [6.07, 6.45) is 6.41. The first-order chi connectivity index (χ1) is 13.6. The lowest BCUT2D eigenvalue weighted by molar-refractivity contribution is -0.123. The molecule has 1 aromatic heterocycles. The van der Waals surface area contributed by atoms with Gasteiger partial charge in [0.1, 0.15) is 11.2 Å². The van der Waals surface area contributed by atoms with Gasteiger partial charge in [-0.15, -0.1) is 0 Å². The third-order valence-electron chi connectivity index (χ3n) is 5.79. The van der Waals surface area contributed by atoms with E-state index in [2.05, 4.69) is 27.6 Å². The molecule has 2 aromatic rings. The van der Waals surface area contributed by atoms with Crippen LogP contribution in [0.1, 0.15) is 38.2 Å². The number of hydrogen-bond acceptors (Lipinski definition) is 6. The fourth-order valence-corrected chi connectivity index (χ4v) is 3.63. The van der Waals surface area contributed by atoms with Crippen LogP contribution in [-0.4, -0.2) is 28.7 Å². The zero-order valence-corrected chi connectivity index (χ0v) is 15.6. The van der Waals surface area contributed by atoms with Gasteiger partial charge in [-0.05, 0) is 49.4 Å². The Hall–Kier alpha value is -3.27. The van der Waals surface area contributed by atoms with Crippen LogP contribution in [0.3, 0.4) is 0 Å². The topological polar surface area (TPSA) is 99.0 Å². The largest absolute Gasteiger partial charge is 0.324 e. The van der Waals surface area contributed by atoms with Crippen molar-refractivity contribution >= 4 is 29.6 Å². The van der Waals surface area contributed by atoms with Gasteiger partial charge in [0.25, 0.3) is 0 Å². The second-order valence-corrected chi connectivity index (χ2v) is 7.38. The number of rotatable bonds is 6. The van der Waals surface area contributed by atoms with E-state index in [-0.39, 0.29) is 5.91 Å². The van der Waals surface area contributed by atoms with Gasteiger partial charge < -0.3 is 5.32 Å². The number of nitrogens with zero attached hydrogens (tertiary/aromatic N) is 4. The molecule has 1 atom stereocenters. The molecule has 0 bridgehead atoms. The van der Waals surface area contributed by atoms with Crippen molar-refractivity contribution in [3.05, 3.63) is 42.1 Å². The van der Waals surface area contributed by atoms with Crippen molar-refractivity contribution in [3.8, 4) is 6.07 Å². The summed E-state index contributed by atoms with van der Waals surface area (Å²) in [5, 5.41) is 12.6. The molecule has 141 valence electrons. The lowest BCUT2D eigenvalue weighted by Crippen LogP contribution is -2.33. The Labute approximate surface area is 163 Å². The van der Waals surface area contributed by atoms with Crippen molar-refractivity contribution in [1.82, 2.24) is 9.97 Å². The van der Waals surface area contributed by atoms with Gasteiger partial charge in [0, 0.05) is 18.4 Å². The molecule has 1 radical (unpaired) electrons. The van der Waals surface area contributed by atoms with Gasteiger partial charge in [-0.2, -0.15) is 10.2 Å². The standard InChI is InChI=1S/C21H20N5O2/c1-2-20(13-22)10-12-26(18(20)28)17-7-11-23-19(25-17)24-16-5-3-15(4-6-16)21(14-27)8-9-21/h3-7,11H,2,8-10,12H2,1H3,(H,23,24,25)/t20-/m1/s1. The van der Waals surface area contributed by atoms with Crippen LogP contribution in [0.2, 0.25) is 0 Å². The highest BCUT2D eigenvalue weighted by atomic mass is 16.2. The number of anilines is 3. The maximum atomic E-state index is 12.7. The van der Waals surface area contributed by atoms with Crippen LogP contribution < -0.4 is 10.2 Å². The van der Waals surface area contributed by atoms with Crippen LogP contribution in [0.4, 0.5) is 17.5 Å². The Morgan fingerprint density at radius 2 is 1.96 bits per heavy atom. The number of amides is 1. The summed E-state index contributed by atoms with van der Waals surface area (Å²) in [5.74, 6) is 0.649. The van der Waals surface area contributed by atoms with E-state index in [9.17, 15) is 14.9 Å². The van der Waals surface area contributed by atoms with Crippen molar-refractivity contribution in [2.24, 2.45) is 5.41 Å². The second kappa shape index (κ2) is 6.71. The number of carbonyl (C=O) groups is 1. The first-order valence-electron chi connectivity index (χ1n) is 9.39. The number of carbonyl (C=O) groups excluding carboxylic acids is 2. The van der Waals surface area contributed by atoms with E-state index in [1.54, 1.807) is 17.2 Å². The Kier molecular flexibility index (Phi) is 4.34. The molecule has 1 saturated carbocycles. The van der Waals surface area contributed by atoms with E-state index in [1.165, 1.54) is 0 Å². The summed E-state index contributed by atoms with van der Waals surface area (Å²) in [6, 6.07) is 11.4. The Bertz CT molecular complexity index is 962. The summed E-state index contributed by atoms with van der Waals surface area (Å²) in [5.41, 5.74) is 0.383. The van der Waals surface area contributed by atoms with Gasteiger partial charge in [0.05, 0.1) is 11.5 Å². The average Bonchev–Trinajstić information content (AvgIpc) is 3.46. The molecule has 7 heteroatoms. The zero-order chi connectivity index (χ0) is 19.8. The fourth-order valence-electron chi connectivity index (χ4n) is 3.63. The van der Waals surface area contributed by atoms with Crippen molar-refractivity contribution in [1.29, 1.82) is 5.26 Å². The monoisotopic (exact) mass is 374 g/mol. The summed E-state index contributed by atoms with van der Waals surface area (Å²) >= 11 is 0. The zero-order valence-electron chi connectivity index (χ0n) is 15.6. The van der Waals surface area contributed by atoms with Gasteiger partial charge in [0.2, 0.25) is 18.1 Å². The second-order valence-electron chi connectivity index (χ2n) is 7.38. The fraction of sp³-hybridized carbons (Fsp3) is 0.381. The molecule has 7 nitrogen and oxygen atoms in total. The lowest BCUT2D eigenvalue weighted by Gasteiger charge is -2.19. The first-order valence-corrected chi connectivity index (χ1v) is 9.39. The summed E-state index contributed by atoms with van der Waals surface area (Å²) in [6.45, 7) is 2.32. The van der Waals surface area contributed by atoms with E-state index in [4.69, 9.17) is 0 Å². The van der Waals surface area contributed by atoms with Crippen LogP contribution in [-0.2, 0) is 15.0 Å².